The van der Waals surface area contributed by atoms with E-state index in [2.05, 4.69) is 4.98 Å². The van der Waals surface area contributed by atoms with Gasteiger partial charge in [0.2, 0.25) is 5.89 Å². The number of oxazole rings is 1. The van der Waals surface area contributed by atoms with Crippen LogP contribution in [0.2, 0.25) is 0 Å². The highest BCUT2D eigenvalue weighted by Gasteiger charge is 2.24. The van der Waals surface area contributed by atoms with Gasteiger partial charge in [-0.3, -0.25) is 4.79 Å². The van der Waals surface area contributed by atoms with E-state index in [4.69, 9.17) is 9.52 Å². The van der Waals surface area contributed by atoms with E-state index in [9.17, 15) is 4.79 Å². The number of carboxylic acid groups (broad SMARTS) is 1. The molecule has 4 nitrogen and oxygen atoms in total. The summed E-state index contributed by atoms with van der Waals surface area (Å²) in [5.41, 5.74) is 0.757. The first-order valence-electron chi connectivity index (χ1n) is 5.05. The van der Waals surface area contributed by atoms with Gasteiger partial charge in [0, 0.05) is 11.8 Å². The lowest BCUT2D eigenvalue weighted by Crippen LogP contribution is -2.14. The average molecular weight is 211 g/mol. The zero-order chi connectivity index (χ0) is 11.6. The Morgan fingerprint density at radius 2 is 2.07 bits per heavy atom. The van der Waals surface area contributed by atoms with E-state index in [1.165, 1.54) is 0 Å². The number of nitrogens with zero attached hydrogens (tertiary/aromatic N) is 1. The second kappa shape index (κ2) is 4.04. The Bertz CT molecular complexity index is 360. The molecule has 0 aliphatic heterocycles. The van der Waals surface area contributed by atoms with Gasteiger partial charge in [-0.05, 0) is 0 Å². The van der Waals surface area contributed by atoms with Crippen molar-refractivity contribution in [3.05, 3.63) is 17.3 Å². The fourth-order valence-corrected chi connectivity index (χ4v) is 1.43. The SMILES string of the molecule is CCc1oc(CC(=O)O)nc1C(C)(C)C. The van der Waals surface area contributed by atoms with Gasteiger partial charge in [0.15, 0.2) is 0 Å². The highest BCUT2D eigenvalue weighted by atomic mass is 16.4. The second-order valence-electron chi connectivity index (χ2n) is 4.55. The Morgan fingerprint density at radius 1 is 1.47 bits per heavy atom. The van der Waals surface area contributed by atoms with E-state index in [0.717, 1.165) is 17.9 Å². The minimum absolute atomic E-state index is 0.106. The molecule has 0 aliphatic rings. The third-order valence-electron chi connectivity index (χ3n) is 2.08. The molecule has 0 spiro atoms. The van der Waals surface area contributed by atoms with Crippen molar-refractivity contribution >= 4 is 5.97 Å². The maximum Gasteiger partial charge on any atom is 0.312 e. The normalized spacial score (nSPS) is 11.7. The maximum absolute atomic E-state index is 10.5. The number of carboxylic acids is 1. The summed E-state index contributed by atoms with van der Waals surface area (Å²) < 4.78 is 5.41. The summed E-state index contributed by atoms with van der Waals surface area (Å²) in [5, 5.41) is 8.64. The van der Waals surface area contributed by atoms with E-state index in [1.807, 2.05) is 27.7 Å². The predicted octanol–water partition coefficient (Wildman–Crippen LogP) is 2.16. The summed E-state index contributed by atoms with van der Waals surface area (Å²) in [7, 11) is 0. The monoisotopic (exact) mass is 211 g/mol. The van der Waals surface area contributed by atoms with Crippen molar-refractivity contribution in [2.75, 3.05) is 0 Å². The Labute approximate surface area is 89.3 Å². The van der Waals surface area contributed by atoms with Gasteiger partial charge in [0.05, 0.1) is 5.69 Å². The molecule has 4 heteroatoms. The number of carbonyl (C=O) groups is 1. The molecule has 1 aromatic heterocycles. The fraction of sp³-hybridized carbons (Fsp3) is 0.636. The summed E-state index contributed by atoms with van der Waals surface area (Å²) in [5.74, 6) is 0.169. The molecule has 0 aromatic carbocycles. The Kier molecular flexibility index (Phi) is 3.17. The molecule has 0 amide bonds. The molecule has 1 rings (SSSR count). The van der Waals surface area contributed by atoms with Crippen LogP contribution >= 0.6 is 0 Å². The third-order valence-corrected chi connectivity index (χ3v) is 2.08. The second-order valence-corrected chi connectivity index (χ2v) is 4.55. The van der Waals surface area contributed by atoms with Crippen LogP contribution in [0.15, 0.2) is 4.42 Å². The van der Waals surface area contributed by atoms with E-state index in [-0.39, 0.29) is 11.8 Å². The van der Waals surface area contributed by atoms with Crippen LogP contribution in [0.3, 0.4) is 0 Å². The summed E-state index contributed by atoms with van der Waals surface area (Å²) in [4.78, 5) is 14.8. The molecule has 0 fully saturated rings. The summed E-state index contributed by atoms with van der Waals surface area (Å²) in [6.45, 7) is 8.08. The van der Waals surface area contributed by atoms with Gasteiger partial charge in [-0.25, -0.2) is 4.98 Å². The standard InChI is InChI=1S/C11H17NO3/c1-5-7-10(11(2,3)4)12-8(15-7)6-9(13)14/h5-6H2,1-4H3,(H,13,14). The molecule has 0 aliphatic carbocycles. The van der Waals surface area contributed by atoms with Gasteiger partial charge in [0.1, 0.15) is 12.2 Å². The molecule has 1 heterocycles. The first kappa shape index (κ1) is 11.8. The van der Waals surface area contributed by atoms with Crippen LogP contribution in [0.25, 0.3) is 0 Å². The lowest BCUT2D eigenvalue weighted by Gasteiger charge is -2.15. The number of aryl methyl sites for hydroxylation is 1. The van der Waals surface area contributed by atoms with Crippen LogP contribution in [-0.2, 0) is 23.1 Å². The van der Waals surface area contributed by atoms with E-state index in [1.54, 1.807) is 0 Å². The molecule has 0 saturated carbocycles. The molecular weight excluding hydrogens is 194 g/mol. The van der Waals surface area contributed by atoms with Gasteiger partial charge < -0.3 is 9.52 Å². The number of hydrogen-bond acceptors (Lipinski definition) is 3. The topological polar surface area (TPSA) is 63.3 Å². The zero-order valence-electron chi connectivity index (χ0n) is 9.63. The van der Waals surface area contributed by atoms with Crippen molar-refractivity contribution in [3.63, 3.8) is 0 Å². The van der Waals surface area contributed by atoms with Crippen LogP contribution in [0.1, 0.15) is 45.0 Å². The van der Waals surface area contributed by atoms with Gasteiger partial charge in [-0.15, -0.1) is 0 Å². The van der Waals surface area contributed by atoms with Crippen molar-refractivity contribution in [2.24, 2.45) is 0 Å². The maximum atomic E-state index is 10.5. The van der Waals surface area contributed by atoms with Gasteiger partial charge >= 0.3 is 5.97 Å². The van der Waals surface area contributed by atoms with Gasteiger partial charge in [0.25, 0.3) is 0 Å². The van der Waals surface area contributed by atoms with Crippen LogP contribution in [0.4, 0.5) is 0 Å². The number of rotatable bonds is 3. The highest BCUT2D eigenvalue weighted by molar-refractivity contribution is 5.68. The third kappa shape index (κ3) is 2.81. The van der Waals surface area contributed by atoms with Crippen molar-refractivity contribution in [2.45, 2.75) is 46.0 Å². The number of hydrogen-bond donors (Lipinski definition) is 1. The molecule has 0 unspecified atom stereocenters. The van der Waals surface area contributed by atoms with E-state index < -0.39 is 5.97 Å². The van der Waals surface area contributed by atoms with Crippen LogP contribution in [0.5, 0.6) is 0 Å². The molecule has 0 radical (unpaired) electrons. The molecule has 1 N–H and O–H groups in total. The van der Waals surface area contributed by atoms with Gasteiger partial charge in [-0.1, -0.05) is 27.7 Å². The molecule has 1 aromatic rings. The molecule has 0 atom stereocenters. The Hall–Kier alpha value is -1.32. The average Bonchev–Trinajstić information content (AvgIpc) is 2.45. The molecule has 0 bridgehead atoms. The first-order valence-corrected chi connectivity index (χ1v) is 5.05. The van der Waals surface area contributed by atoms with E-state index >= 15 is 0 Å². The lowest BCUT2D eigenvalue weighted by molar-refractivity contribution is -0.136. The largest absolute Gasteiger partial charge is 0.481 e. The minimum Gasteiger partial charge on any atom is -0.481 e. The smallest absolute Gasteiger partial charge is 0.312 e. The summed E-state index contributed by atoms with van der Waals surface area (Å²) in [6, 6.07) is 0. The molecular formula is C11H17NO3. The highest BCUT2D eigenvalue weighted by Crippen LogP contribution is 2.26. The minimum atomic E-state index is -0.917. The lowest BCUT2D eigenvalue weighted by atomic mass is 9.90. The van der Waals surface area contributed by atoms with Crippen LogP contribution in [-0.4, -0.2) is 16.1 Å². The van der Waals surface area contributed by atoms with Crippen molar-refractivity contribution in [3.8, 4) is 0 Å². The Balaban J connectivity index is 3.06. The Morgan fingerprint density at radius 3 is 2.40 bits per heavy atom. The fourth-order valence-electron chi connectivity index (χ4n) is 1.43. The van der Waals surface area contributed by atoms with Crippen molar-refractivity contribution in [1.82, 2.24) is 4.98 Å². The quantitative estimate of drug-likeness (QED) is 0.832. The van der Waals surface area contributed by atoms with Gasteiger partial charge in [-0.2, -0.15) is 0 Å². The molecule has 0 saturated heterocycles. The summed E-state index contributed by atoms with van der Waals surface area (Å²) >= 11 is 0. The number of aliphatic carboxylic acids is 1. The van der Waals surface area contributed by atoms with Crippen molar-refractivity contribution < 1.29 is 14.3 Å². The molecule has 15 heavy (non-hydrogen) atoms. The van der Waals surface area contributed by atoms with Crippen LogP contribution < -0.4 is 0 Å². The van der Waals surface area contributed by atoms with E-state index in [0.29, 0.717) is 5.89 Å². The zero-order valence-corrected chi connectivity index (χ0v) is 9.63. The van der Waals surface area contributed by atoms with Crippen molar-refractivity contribution in [1.29, 1.82) is 0 Å². The predicted molar refractivity (Wildman–Crippen MR) is 55.9 cm³/mol. The molecule has 84 valence electrons. The summed E-state index contributed by atoms with van der Waals surface area (Å²) in [6.07, 6.45) is 0.586. The first-order chi connectivity index (χ1) is 6.84. The number of aromatic nitrogens is 1. The van der Waals surface area contributed by atoms with Crippen LogP contribution in [0, 0.1) is 0 Å².